The van der Waals surface area contributed by atoms with E-state index in [2.05, 4.69) is 6.92 Å². The Hall–Kier alpha value is 0.130. The summed E-state index contributed by atoms with van der Waals surface area (Å²) < 4.78 is 0.958. The topological polar surface area (TPSA) is 60.7 Å². The first kappa shape index (κ1) is 32.3. The maximum absolute atomic E-state index is 9.27. The first-order valence-electron chi connectivity index (χ1n) is 12.9. The summed E-state index contributed by atoms with van der Waals surface area (Å²) in [6.07, 6.45) is 21.7. The fourth-order valence-corrected chi connectivity index (χ4v) is 4.53. The summed E-state index contributed by atoms with van der Waals surface area (Å²) in [5.41, 5.74) is 0. The lowest BCUT2D eigenvalue weighted by Crippen LogP contribution is -3.00. The van der Waals surface area contributed by atoms with Crippen LogP contribution in [0.15, 0.2) is 0 Å². The largest absolute Gasteiger partial charge is 1.00 e. The molecule has 0 fully saturated rings. The second kappa shape index (κ2) is 25.4. The molecule has 0 spiro atoms. The lowest BCUT2D eigenvalue weighted by atomic mass is 10.0. The fourth-order valence-electron chi connectivity index (χ4n) is 4.53. The quantitative estimate of drug-likeness (QED) is 0.156. The van der Waals surface area contributed by atoms with Crippen LogP contribution >= 0.6 is 0 Å². The highest BCUT2D eigenvalue weighted by molar-refractivity contribution is 4.52. The van der Waals surface area contributed by atoms with E-state index < -0.39 is 0 Å². The zero-order chi connectivity index (χ0) is 21.5. The van der Waals surface area contributed by atoms with Gasteiger partial charge in [-0.15, -0.1) is 0 Å². The van der Waals surface area contributed by atoms with Gasteiger partial charge in [-0.05, 0) is 12.8 Å². The van der Waals surface area contributed by atoms with Gasteiger partial charge >= 0.3 is 0 Å². The third-order valence-corrected chi connectivity index (χ3v) is 6.36. The molecule has 0 rings (SSSR count). The minimum atomic E-state index is 0. The van der Waals surface area contributed by atoms with Crippen molar-refractivity contribution < 1.29 is 32.2 Å². The monoisotopic (exact) mass is 451 g/mol. The molecule has 0 saturated carbocycles. The molecule has 0 unspecified atom stereocenters. The van der Waals surface area contributed by atoms with E-state index in [4.69, 9.17) is 0 Å². The summed E-state index contributed by atoms with van der Waals surface area (Å²) in [5.74, 6) is 0. The molecule has 0 amide bonds. The number of nitrogens with zero attached hydrogens (tertiary/aromatic N) is 1. The standard InChI is InChI=1S/C25H54NO3.ClH/c1-2-3-4-5-6-7-8-9-10-11-12-13-14-15-19-26(20-16-23-27,21-17-24-28)22-18-25-29;/h27-29H,2-25H2,1H3;1H/q+1;/p-1. The molecule has 0 saturated heterocycles. The van der Waals surface area contributed by atoms with Gasteiger partial charge in [0.05, 0.1) is 26.2 Å². The Morgan fingerprint density at radius 2 is 0.667 bits per heavy atom. The molecular formula is C25H54ClNO3. The molecule has 3 N–H and O–H groups in total. The number of halogens is 1. The van der Waals surface area contributed by atoms with Crippen molar-refractivity contribution in [1.82, 2.24) is 0 Å². The number of quaternary nitrogens is 1. The van der Waals surface area contributed by atoms with Gasteiger partial charge in [0, 0.05) is 39.1 Å². The molecule has 0 aromatic heterocycles. The average Bonchev–Trinajstić information content (AvgIpc) is 2.74. The van der Waals surface area contributed by atoms with Crippen LogP contribution in [-0.4, -0.2) is 65.8 Å². The highest BCUT2D eigenvalue weighted by atomic mass is 35.5. The van der Waals surface area contributed by atoms with Crippen LogP contribution in [0.3, 0.4) is 0 Å². The van der Waals surface area contributed by atoms with Crippen LogP contribution in [0.2, 0.25) is 0 Å². The Balaban J connectivity index is 0. The normalized spacial score (nSPS) is 11.6. The number of hydrogen-bond acceptors (Lipinski definition) is 3. The van der Waals surface area contributed by atoms with E-state index in [0.29, 0.717) is 0 Å². The predicted octanol–water partition coefficient (Wildman–Crippen LogP) is 2.44. The van der Waals surface area contributed by atoms with Gasteiger partial charge < -0.3 is 32.2 Å². The third kappa shape index (κ3) is 20.1. The predicted molar refractivity (Wildman–Crippen MR) is 125 cm³/mol. The number of aliphatic hydroxyl groups is 3. The second-order valence-electron chi connectivity index (χ2n) is 9.06. The van der Waals surface area contributed by atoms with E-state index in [-0.39, 0.29) is 32.2 Å². The summed E-state index contributed by atoms with van der Waals surface area (Å²) in [5, 5.41) is 27.8. The minimum absolute atomic E-state index is 0. The molecule has 0 aromatic carbocycles. The molecule has 0 aliphatic heterocycles. The van der Waals surface area contributed by atoms with Crippen molar-refractivity contribution in [2.24, 2.45) is 0 Å². The third-order valence-electron chi connectivity index (χ3n) is 6.36. The minimum Gasteiger partial charge on any atom is -1.00 e. The van der Waals surface area contributed by atoms with E-state index >= 15 is 0 Å². The Labute approximate surface area is 194 Å². The SMILES string of the molecule is CCCCCCCCCCCCCCCC[N+](CCCO)(CCCO)CCCO.[Cl-]. The van der Waals surface area contributed by atoms with Crippen molar-refractivity contribution in [2.45, 2.75) is 116 Å². The molecule has 5 heteroatoms. The van der Waals surface area contributed by atoms with E-state index in [1.165, 1.54) is 89.9 Å². The van der Waals surface area contributed by atoms with Gasteiger partial charge in [-0.25, -0.2) is 0 Å². The Morgan fingerprint density at radius 3 is 0.967 bits per heavy atom. The van der Waals surface area contributed by atoms with Crippen molar-refractivity contribution in [3.63, 3.8) is 0 Å². The van der Waals surface area contributed by atoms with Crippen molar-refractivity contribution in [3.05, 3.63) is 0 Å². The Kier molecular flexibility index (Phi) is 27.3. The molecule has 30 heavy (non-hydrogen) atoms. The van der Waals surface area contributed by atoms with E-state index in [1.807, 2.05) is 0 Å². The summed E-state index contributed by atoms with van der Waals surface area (Å²) in [4.78, 5) is 0. The van der Waals surface area contributed by atoms with Gasteiger partial charge in [0.1, 0.15) is 0 Å². The highest BCUT2D eigenvalue weighted by Crippen LogP contribution is 2.17. The molecule has 0 aliphatic rings. The van der Waals surface area contributed by atoms with Crippen LogP contribution in [0, 0.1) is 0 Å². The molecule has 4 nitrogen and oxygen atoms in total. The van der Waals surface area contributed by atoms with Gasteiger partial charge in [-0.2, -0.15) is 0 Å². The molecule has 0 aromatic rings. The fraction of sp³-hybridized carbons (Fsp3) is 1.00. The maximum atomic E-state index is 9.27. The van der Waals surface area contributed by atoms with Gasteiger partial charge in [0.2, 0.25) is 0 Å². The van der Waals surface area contributed by atoms with Crippen LogP contribution in [0.4, 0.5) is 0 Å². The lowest BCUT2D eigenvalue weighted by molar-refractivity contribution is -0.929. The summed E-state index contributed by atoms with van der Waals surface area (Å²) in [6, 6.07) is 0. The molecule has 0 bridgehead atoms. The Bertz CT molecular complexity index is 297. The zero-order valence-electron chi connectivity index (χ0n) is 20.1. The van der Waals surface area contributed by atoms with Crippen molar-refractivity contribution in [3.8, 4) is 0 Å². The number of rotatable bonds is 24. The molecule has 0 aliphatic carbocycles. The van der Waals surface area contributed by atoms with Gasteiger partial charge in [0.25, 0.3) is 0 Å². The smallest absolute Gasteiger partial charge is 0.0808 e. The van der Waals surface area contributed by atoms with Gasteiger partial charge in [-0.3, -0.25) is 0 Å². The van der Waals surface area contributed by atoms with Crippen molar-refractivity contribution >= 4 is 0 Å². The molecular weight excluding hydrogens is 398 g/mol. The van der Waals surface area contributed by atoms with Crippen molar-refractivity contribution in [2.75, 3.05) is 46.0 Å². The van der Waals surface area contributed by atoms with Gasteiger partial charge in [-0.1, -0.05) is 84.0 Å². The Morgan fingerprint density at radius 1 is 0.400 bits per heavy atom. The molecule has 0 atom stereocenters. The molecule has 184 valence electrons. The van der Waals surface area contributed by atoms with E-state index in [1.54, 1.807) is 0 Å². The van der Waals surface area contributed by atoms with Gasteiger partial charge in [0.15, 0.2) is 0 Å². The number of hydrogen-bond donors (Lipinski definition) is 3. The highest BCUT2D eigenvalue weighted by Gasteiger charge is 2.25. The summed E-state index contributed by atoms with van der Waals surface area (Å²) in [6.45, 7) is 7.00. The molecule has 0 heterocycles. The zero-order valence-corrected chi connectivity index (χ0v) is 20.9. The van der Waals surface area contributed by atoms with Crippen LogP contribution in [-0.2, 0) is 0 Å². The lowest BCUT2D eigenvalue weighted by Gasteiger charge is -2.39. The first-order valence-corrected chi connectivity index (χ1v) is 12.9. The molecule has 0 radical (unpaired) electrons. The van der Waals surface area contributed by atoms with Crippen LogP contribution in [0.5, 0.6) is 0 Å². The van der Waals surface area contributed by atoms with Crippen molar-refractivity contribution in [1.29, 1.82) is 0 Å². The maximum Gasteiger partial charge on any atom is 0.0808 e. The van der Waals surface area contributed by atoms with Crippen LogP contribution in [0.25, 0.3) is 0 Å². The van der Waals surface area contributed by atoms with Crippen LogP contribution < -0.4 is 12.4 Å². The van der Waals surface area contributed by atoms with E-state index in [0.717, 1.165) is 49.9 Å². The summed E-state index contributed by atoms with van der Waals surface area (Å²) >= 11 is 0. The average molecular weight is 452 g/mol. The van der Waals surface area contributed by atoms with Crippen LogP contribution in [0.1, 0.15) is 116 Å². The second-order valence-corrected chi connectivity index (χ2v) is 9.06. The summed E-state index contributed by atoms with van der Waals surface area (Å²) in [7, 11) is 0. The number of unbranched alkanes of at least 4 members (excludes halogenated alkanes) is 13. The number of aliphatic hydroxyl groups excluding tert-OH is 3. The first-order chi connectivity index (χ1) is 14.2. The van der Waals surface area contributed by atoms with E-state index in [9.17, 15) is 15.3 Å².